The van der Waals surface area contributed by atoms with E-state index in [1.54, 1.807) is 0 Å². The number of hydrogen-bond acceptors (Lipinski definition) is 4. The number of nitrogens with zero attached hydrogens (tertiary/aromatic N) is 2. The molecule has 1 aromatic rings. The Labute approximate surface area is 144 Å². The first kappa shape index (κ1) is 16.9. The van der Waals surface area contributed by atoms with Crippen LogP contribution in [0.1, 0.15) is 24.8 Å². The van der Waals surface area contributed by atoms with E-state index in [9.17, 15) is 0 Å². The fourth-order valence-corrected chi connectivity index (χ4v) is 3.70. The highest BCUT2D eigenvalue weighted by atomic mass is 35.5. The minimum Gasteiger partial charge on any atom is -0.493 e. The van der Waals surface area contributed by atoms with Gasteiger partial charge in [-0.3, -0.25) is 0 Å². The van der Waals surface area contributed by atoms with Crippen LogP contribution in [0.2, 0.25) is 5.02 Å². The molecule has 2 aliphatic rings. The van der Waals surface area contributed by atoms with Crippen LogP contribution in [0.5, 0.6) is 5.75 Å². The van der Waals surface area contributed by atoms with Gasteiger partial charge in [0.05, 0.1) is 6.61 Å². The van der Waals surface area contributed by atoms with Crippen LogP contribution in [-0.2, 0) is 0 Å². The van der Waals surface area contributed by atoms with E-state index in [1.165, 1.54) is 37.2 Å². The fourth-order valence-electron chi connectivity index (χ4n) is 3.50. The fraction of sp³-hybridized carbons (Fsp3) is 0.667. The predicted molar refractivity (Wildman–Crippen MR) is 97.1 cm³/mol. The van der Waals surface area contributed by atoms with Crippen molar-refractivity contribution in [1.29, 1.82) is 0 Å². The molecule has 3 rings (SSSR count). The molecule has 0 spiro atoms. The zero-order valence-electron chi connectivity index (χ0n) is 14.1. The number of rotatable bonds is 6. The number of halogens is 1. The number of piperazine rings is 1. The van der Waals surface area contributed by atoms with Crippen molar-refractivity contribution in [1.82, 2.24) is 10.2 Å². The van der Waals surface area contributed by atoms with Crippen molar-refractivity contribution in [3.8, 4) is 5.75 Å². The summed E-state index contributed by atoms with van der Waals surface area (Å²) in [7, 11) is 0. The Balaban J connectivity index is 1.58. The largest absolute Gasteiger partial charge is 0.493 e. The van der Waals surface area contributed by atoms with Crippen LogP contribution in [-0.4, -0.2) is 57.3 Å². The number of benzene rings is 1. The Morgan fingerprint density at radius 3 is 2.61 bits per heavy atom. The van der Waals surface area contributed by atoms with Gasteiger partial charge in [-0.05, 0) is 51.4 Å². The van der Waals surface area contributed by atoms with Crippen molar-refractivity contribution in [2.24, 2.45) is 0 Å². The lowest BCUT2D eigenvalue weighted by molar-refractivity contribution is 0.262. The monoisotopic (exact) mass is 337 g/mol. The van der Waals surface area contributed by atoms with Crippen LogP contribution in [0.4, 0.5) is 5.69 Å². The highest BCUT2D eigenvalue weighted by Gasteiger charge is 2.16. The van der Waals surface area contributed by atoms with Gasteiger partial charge in [0.25, 0.3) is 0 Å². The first-order chi connectivity index (χ1) is 11.2. The van der Waals surface area contributed by atoms with Gasteiger partial charge in [-0.25, -0.2) is 0 Å². The summed E-state index contributed by atoms with van der Waals surface area (Å²) in [5, 5.41) is 4.15. The van der Waals surface area contributed by atoms with Crippen LogP contribution < -0.4 is 15.0 Å². The number of ether oxygens (including phenoxy) is 1. The summed E-state index contributed by atoms with van der Waals surface area (Å²) < 4.78 is 6.06. The van der Waals surface area contributed by atoms with Crippen LogP contribution in [0.25, 0.3) is 0 Å². The van der Waals surface area contributed by atoms with Crippen molar-refractivity contribution in [2.45, 2.75) is 26.2 Å². The molecule has 0 amide bonds. The Kier molecular flexibility index (Phi) is 6.03. The Morgan fingerprint density at radius 2 is 1.87 bits per heavy atom. The van der Waals surface area contributed by atoms with Gasteiger partial charge in [-0.2, -0.15) is 0 Å². The smallest absolute Gasteiger partial charge is 0.125 e. The molecule has 1 N–H and O–H groups in total. The molecule has 4 nitrogen and oxygen atoms in total. The van der Waals surface area contributed by atoms with E-state index < -0.39 is 0 Å². The third kappa shape index (κ3) is 4.52. The van der Waals surface area contributed by atoms with E-state index in [0.29, 0.717) is 0 Å². The molecule has 23 heavy (non-hydrogen) atoms. The Morgan fingerprint density at radius 1 is 1.13 bits per heavy atom. The van der Waals surface area contributed by atoms with Gasteiger partial charge in [0, 0.05) is 49.0 Å². The lowest BCUT2D eigenvalue weighted by Crippen LogP contribution is -2.43. The molecular weight excluding hydrogens is 310 g/mol. The van der Waals surface area contributed by atoms with E-state index in [1.807, 2.05) is 6.07 Å². The molecule has 2 heterocycles. The molecule has 1 aromatic carbocycles. The number of anilines is 1. The SMILES string of the molecule is Cc1c(OCCCN2CCCC2)cc(Cl)cc1N1CCNCC1. The molecule has 0 atom stereocenters. The van der Waals surface area contributed by atoms with E-state index in [-0.39, 0.29) is 0 Å². The molecule has 2 saturated heterocycles. The average molecular weight is 338 g/mol. The lowest BCUT2D eigenvalue weighted by Gasteiger charge is -2.31. The van der Waals surface area contributed by atoms with Gasteiger partial charge >= 0.3 is 0 Å². The normalized spacial score (nSPS) is 19.3. The first-order valence-corrected chi connectivity index (χ1v) is 9.23. The average Bonchev–Trinajstić information content (AvgIpc) is 3.08. The molecular formula is C18H28ClN3O. The second-order valence-corrected chi connectivity index (χ2v) is 6.97. The molecule has 0 aromatic heterocycles. The topological polar surface area (TPSA) is 27.7 Å². The van der Waals surface area contributed by atoms with E-state index in [4.69, 9.17) is 16.3 Å². The third-order valence-corrected chi connectivity index (χ3v) is 5.05. The number of hydrogen-bond donors (Lipinski definition) is 1. The highest BCUT2D eigenvalue weighted by Crippen LogP contribution is 2.33. The Bertz CT molecular complexity index is 511. The van der Waals surface area contributed by atoms with Crippen LogP contribution in [0.15, 0.2) is 12.1 Å². The molecule has 0 unspecified atom stereocenters. The summed E-state index contributed by atoms with van der Waals surface area (Å²) in [6.07, 6.45) is 3.78. The summed E-state index contributed by atoms with van der Waals surface area (Å²) in [6, 6.07) is 4.03. The summed E-state index contributed by atoms with van der Waals surface area (Å²) in [5.74, 6) is 0.937. The van der Waals surface area contributed by atoms with Crippen LogP contribution in [0, 0.1) is 6.92 Å². The minimum absolute atomic E-state index is 0.763. The van der Waals surface area contributed by atoms with Crippen molar-refractivity contribution in [3.63, 3.8) is 0 Å². The molecule has 2 aliphatic heterocycles. The zero-order valence-corrected chi connectivity index (χ0v) is 14.9. The maximum atomic E-state index is 6.33. The van der Waals surface area contributed by atoms with E-state index in [2.05, 4.69) is 28.1 Å². The van der Waals surface area contributed by atoms with Gasteiger partial charge in [0.2, 0.25) is 0 Å². The molecule has 0 aliphatic carbocycles. The van der Waals surface area contributed by atoms with Crippen molar-refractivity contribution >= 4 is 17.3 Å². The molecule has 5 heteroatoms. The van der Waals surface area contributed by atoms with Crippen molar-refractivity contribution in [2.75, 3.05) is 57.3 Å². The van der Waals surface area contributed by atoms with Gasteiger partial charge < -0.3 is 19.9 Å². The number of nitrogens with one attached hydrogen (secondary N) is 1. The van der Waals surface area contributed by atoms with Crippen molar-refractivity contribution in [3.05, 3.63) is 22.7 Å². The first-order valence-electron chi connectivity index (χ1n) is 8.85. The molecule has 0 saturated carbocycles. The lowest BCUT2D eigenvalue weighted by atomic mass is 10.1. The van der Waals surface area contributed by atoms with E-state index >= 15 is 0 Å². The third-order valence-electron chi connectivity index (χ3n) is 4.83. The van der Waals surface area contributed by atoms with E-state index in [0.717, 1.165) is 56.5 Å². The summed E-state index contributed by atoms with van der Waals surface area (Å²) in [5.41, 5.74) is 2.42. The van der Waals surface area contributed by atoms with Gasteiger partial charge in [-0.15, -0.1) is 0 Å². The maximum Gasteiger partial charge on any atom is 0.125 e. The number of likely N-dealkylation sites (tertiary alicyclic amines) is 1. The highest BCUT2D eigenvalue weighted by molar-refractivity contribution is 6.31. The summed E-state index contributed by atoms with van der Waals surface area (Å²) >= 11 is 6.33. The minimum atomic E-state index is 0.763. The van der Waals surface area contributed by atoms with Crippen LogP contribution in [0.3, 0.4) is 0 Å². The summed E-state index contributed by atoms with van der Waals surface area (Å²) in [4.78, 5) is 4.93. The second-order valence-electron chi connectivity index (χ2n) is 6.54. The second kappa shape index (κ2) is 8.22. The summed E-state index contributed by atoms with van der Waals surface area (Å²) in [6.45, 7) is 10.7. The molecule has 128 valence electrons. The van der Waals surface area contributed by atoms with Gasteiger partial charge in [0.15, 0.2) is 0 Å². The maximum absolute atomic E-state index is 6.33. The van der Waals surface area contributed by atoms with Crippen molar-refractivity contribution < 1.29 is 4.74 Å². The molecule has 0 bridgehead atoms. The van der Waals surface area contributed by atoms with Gasteiger partial charge in [-0.1, -0.05) is 11.6 Å². The molecule has 2 fully saturated rings. The zero-order chi connectivity index (χ0) is 16.1. The van der Waals surface area contributed by atoms with Crippen LogP contribution >= 0.6 is 11.6 Å². The molecule has 0 radical (unpaired) electrons. The quantitative estimate of drug-likeness (QED) is 0.808. The van der Waals surface area contributed by atoms with Gasteiger partial charge in [0.1, 0.15) is 5.75 Å². The standard InChI is InChI=1S/C18H28ClN3O/c1-15-17(22-10-5-20-6-11-22)13-16(19)14-18(15)23-12-4-9-21-7-2-3-8-21/h13-14,20H,2-12H2,1H3. The predicted octanol–water partition coefficient (Wildman–Crippen LogP) is 2.92. The Hall–Kier alpha value is -0.970.